The number of aromatic carboxylic acids is 1. The van der Waals surface area contributed by atoms with Gasteiger partial charge in [-0.05, 0) is 18.2 Å². The first kappa shape index (κ1) is 12.4. The number of rotatable bonds is 1. The van der Waals surface area contributed by atoms with Crippen LogP contribution in [0.3, 0.4) is 0 Å². The van der Waals surface area contributed by atoms with E-state index < -0.39 is 5.97 Å². The summed E-state index contributed by atoms with van der Waals surface area (Å²) in [5, 5.41) is 9.88. The first-order chi connectivity index (χ1) is 9.74. The molecular formula is C16H9NO2S. The fourth-order valence-electron chi connectivity index (χ4n) is 1.83. The van der Waals surface area contributed by atoms with Crippen molar-refractivity contribution in [3.63, 3.8) is 0 Å². The zero-order valence-corrected chi connectivity index (χ0v) is 11.1. The van der Waals surface area contributed by atoms with E-state index in [1.54, 1.807) is 18.5 Å². The summed E-state index contributed by atoms with van der Waals surface area (Å²) < 4.78 is 0.835. The highest BCUT2D eigenvalue weighted by Gasteiger charge is 2.10. The molecule has 0 radical (unpaired) electrons. The van der Waals surface area contributed by atoms with E-state index in [2.05, 4.69) is 16.8 Å². The van der Waals surface area contributed by atoms with Gasteiger partial charge in [0.25, 0.3) is 0 Å². The minimum atomic E-state index is -0.923. The fraction of sp³-hybridized carbons (Fsp3) is 0. The van der Waals surface area contributed by atoms with Crippen LogP contribution in [0.2, 0.25) is 0 Å². The molecule has 3 nitrogen and oxygen atoms in total. The van der Waals surface area contributed by atoms with Gasteiger partial charge in [0.15, 0.2) is 0 Å². The molecule has 20 heavy (non-hydrogen) atoms. The first-order valence-corrected chi connectivity index (χ1v) is 6.73. The molecule has 1 aromatic carbocycles. The average molecular weight is 279 g/mol. The summed E-state index contributed by atoms with van der Waals surface area (Å²) in [5.41, 5.74) is 1.66. The number of hydrogen-bond donors (Lipinski definition) is 1. The van der Waals surface area contributed by atoms with Crippen LogP contribution in [-0.2, 0) is 0 Å². The van der Waals surface area contributed by atoms with E-state index in [-0.39, 0.29) is 0 Å². The van der Waals surface area contributed by atoms with Crippen molar-refractivity contribution < 1.29 is 9.90 Å². The lowest BCUT2D eigenvalue weighted by atomic mass is 10.1. The lowest BCUT2D eigenvalue weighted by Crippen LogP contribution is -1.89. The Bertz CT molecular complexity index is 841. The lowest BCUT2D eigenvalue weighted by molar-refractivity contribution is 0.0702. The van der Waals surface area contributed by atoms with Gasteiger partial charge in [-0.2, -0.15) is 0 Å². The molecule has 0 aliphatic carbocycles. The SMILES string of the molecule is O=C(O)c1cc2c(C#Cc3ccccc3)cncc2s1. The van der Waals surface area contributed by atoms with E-state index in [0.29, 0.717) is 4.88 Å². The highest BCUT2D eigenvalue weighted by atomic mass is 32.1. The summed E-state index contributed by atoms with van der Waals surface area (Å²) in [6.45, 7) is 0. The maximum absolute atomic E-state index is 11.0. The van der Waals surface area contributed by atoms with Gasteiger partial charge in [0.1, 0.15) is 4.88 Å². The van der Waals surface area contributed by atoms with Crippen LogP contribution >= 0.6 is 11.3 Å². The molecule has 0 unspecified atom stereocenters. The van der Waals surface area contributed by atoms with Crippen LogP contribution in [0, 0.1) is 11.8 Å². The zero-order valence-electron chi connectivity index (χ0n) is 10.3. The molecule has 1 N–H and O–H groups in total. The minimum absolute atomic E-state index is 0.302. The molecular weight excluding hydrogens is 270 g/mol. The number of hydrogen-bond acceptors (Lipinski definition) is 3. The lowest BCUT2D eigenvalue weighted by Gasteiger charge is -1.92. The number of pyridine rings is 1. The molecule has 96 valence electrons. The molecule has 0 saturated heterocycles. The summed E-state index contributed by atoms with van der Waals surface area (Å²) in [5.74, 6) is 5.19. The maximum atomic E-state index is 11.0. The van der Waals surface area contributed by atoms with Crippen LogP contribution in [0.5, 0.6) is 0 Å². The molecule has 0 bridgehead atoms. The van der Waals surface area contributed by atoms with Crippen molar-refractivity contribution >= 4 is 27.4 Å². The molecule has 0 saturated carbocycles. The molecule has 0 fully saturated rings. The summed E-state index contributed by atoms with van der Waals surface area (Å²) in [4.78, 5) is 15.4. The molecule has 0 spiro atoms. The van der Waals surface area contributed by atoms with Crippen molar-refractivity contribution in [2.75, 3.05) is 0 Å². The summed E-state index contributed by atoms with van der Waals surface area (Å²) >= 11 is 1.21. The van der Waals surface area contributed by atoms with E-state index in [0.717, 1.165) is 21.2 Å². The molecule has 0 aliphatic rings. The van der Waals surface area contributed by atoms with Crippen molar-refractivity contribution in [3.05, 3.63) is 64.8 Å². The zero-order chi connectivity index (χ0) is 13.9. The van der Waals surface area contributed by atoms with Gasteiger partial charge in [0.05, 0.1) is 10.3 Å². The van der Waals surface area contributed by atoms with E-state index in [9.17, 15) is 4.79 Å². The molecule has 0 atom stereocenters. The Kier molecular flexibility index (Phi) is 3.20. The van der Waals surface area contributed by atoms with Crippen LogP contribution in [0.4, 0.5) is 0 Å². The standard InChI is InChI=1S/C16H9NO2S/c18-16(19)14-8-13-12(9-17-10-15(13)20-14)7-6-11-4-2-1-3-5-11/h1-5,8-10H,(H,18,19). The van der Waals surface area contributed by atoms with Crippen molar-refractivity contribution in [1.82, 2.24) is 4.98 Å². The smallest absolute Gasteiger partial charge is 0.345 e. The number of benzene rings is 1. The Morgan fingerprint density at radius 3 is 2.70 bits per heavy atom. The topological polar surface area (TPSA) is 50.2 Å². The van der Waals surface area contributed by atoms with E-state index in [4.69, 9.17) is 5.11 Å². The van der Waals surface area contributed by atoms with Gasteiger partial charge in [0, 0.05) is 23.3 Å². The number of carboxylic acid groups (broad SMARTS) is 1. The number of aromatic nitrogens is 1. The van der Waals surface area contributed by atoms with Gasteiger partial charge in [-0.25, -0.2) is 4.79 Å². The van der Waals surface area contributed by atoms with Crippen molar-refractivity contribution in [1.29, 1.82) is 0 Å². The monoisotopic (exact) mass is 279 g/mol. The molecule has 3 aromatic rings. The van der Waals surface area contributed by atoms with Crippen LogP contribution in [0.15, 0.2) is 48.8 Å². The predicted molar refractivity (Wildman–Crippen MR) is 79.0 cm³/mol. The van der Waals surface area contributed by atoms with Gasteiger partial charge in [-0.1, -0.05) is 30.0 Å². The third kappa shape index (κ3) is 2.40. The second kappa shape index (κ2) is 5.16. The Morgan fingerprint density at radius 1 is 1.15 bits per heavy atom. The first-order valence-electron chi connectivity index (χ1n) is 5.92. The molecule has 0 amide bonds. The number of fused-ring (bicyclic) bond motifs is 1. The Balaban J connectivity index is 2.08. The van der Waals surface area contributed by atoms with E-state index >= 15 is 0 Å². The molecule has 4 heteroatoms. The third-order valence-electron chi connectivity index (χ3n) is 2.77. The molecule has 2 aromatic heterocycles. The van der Waals surface area contributed by atoms with E-state index in [1.165, 1.54) is 11.3 Å². The largest absolute Gasteiger partial charge is 0.477 e. The van der Waals surface area contributed by atoms with Crippen molar-refractivity contribution in [3.8, 4) is 11.8 Å². The highest BCUT2D eigenvalue weighted by Crippen LogP contribution is 2.27. The Labute approximate surface area is 119 Å². The fourth-order valence-corrected chi connectivity index (χ4v) is 2.72. The Hall–Kier alpha value is -2.64. The van der Waals surface area contributed by atoms with Gasteiger partial charge in [-0.3, -0.25) is 4.98 Å². The molecule has 0 aliphatic heterocycles. The summed E-state index contributed by atoms with van der Waals surface area (Å²) in [6, 6.07) is 11.3. The number of nitrogens with zero attached hydrogens (tertiary/aromatic N) is 1. The van der Waals surface area contributed by atoms with Gasteiger partial charge < -0.3 is 5.11 Å². The quantitative estimate of drug-likeness (QED) is 0.695. The van der Waals surface area contributed by atoms with Gasteiger partial charge in [-0.15, -0.1) is 11.3 Å². The van der Waals surface area contributed by atoms with Gasteiger partial charge >= 0.3 is 5.97 Å². The summed E-state index contributed by atoms with van der Waals surface area (Å²) in [6.07, 6.45) is 3.33. The second-order valence-corrected chi connectivity index (χ2v) is 5.21. The van der Waals surface area contributed by atoms with Crippen LogP contribution < -0.4 is 0 Å². The third-order valence-corrected chi connectivity index (χ3v) is 3.83. The maximum Gasteiger partial charge on any atom is 0.345 e. The van der Waals surface area contributed by atoms with Crippen molar-refractivity contribution in [2.45, 2.75) is 0 Å². The average Bonchev–Trinajstić information content (AvgIpc) is 2.91. The minimum Gasteiger partial charge on any atom is -0.477 e. The van der Waals surface area contributed by atoms with Gasteiger partial charge in [0.2, 0.25) is 0 Å². The summed E-state index contributed by atoms with van der Waals surface area (Å²) in [7, 11) is 0. The van der Waals surface area contributed by atoms with E-state index in [1.807, 2.05) is 30.3 Å². The van der Waals surface area contributed by atoms with Crippen LogP contribution in [0.25, 0.3) is 10.1 Å². The highest BCUT2D eigenvalue weighted by molar-refractivity contribution is 7.20. The Morgan fingerprint density at radius 2 is 1.95 bits per heavy atom. The number of carbonyl (C=O) groups is 1. The number of carboxylic acids is 1. The molecule has 2 heterocycles. The second-order valence-electron chi connectivity index (χ2n) is 4.13. The number of thiophene rings is 1. The normalized spacial score (nSPS) is 10.0. The molecule has 3 rings (SSSR count). The van der Waals surface area contributed by atoms with Crippen LogP contribution in [-0.4, -0.2) is 16.1 Å². The predicted octanol–water partition coefficient (Wildman–Crippen LogP) is 3.39. The van der Waals surface area contributed by atoms with Crippen LogP contribution in [0.1, 0.15) is 20.8 Å². The van der Waals surface area contributed by atoms with Crippen molar-refractivity contribution in [2.24, 2.45) is 0 Å².